The number of alkyl halides is 1. The molecule has 1 aliphatic carbocycles. The number of carbonyl (C=O) groups is 2. The van der Waals surface area contributed by atoms with Crippen LogP contribution in [0, 0.1) is 17.2 Å². The highest BCUT2D eigenvalue weighted by Crippen LogP contribution is 2.30. The Morgan fingerprint density at radius 1 is 1.26 bits per heavy atom. The number of hydrogen-bond donors (Lipinski definition) is 2. The van der Waals surface area contributed by atoms with E-state index in [1.54, 1.807) is 6.07 Å². The van der Waals surface area contributed by atoms with Crippen molar-refractivity contribution in [3.63, 3.8) is 0 Å². The number of rotatable bonds is 6. The van der Waals surface area contributed by atoms with Gasteiger partial charge in [0, 0.05) is 24.2 Å². The molecule has 10 nitrogen and oxygen atoms in total. The first-order valence-corrected chi connectivity index (χ1v) is 9.83. The molecule has 2 aromatic heterocycles. The van der Waals surface area contributed by atoms with E-state index in [0.29, 0.717) is 22.8 Å². The van der Waals surface area contributed by atoms with E-state index in [-0.39, 0.29) is 43.8 Å². The van der Waals surface area contributed by atoms with Crippen molar-refractivity contribution in [2.75, 3.05) is 36.9 Å². The predicted molar refractivity (Wildman–Crippen MR) is 107 cm³/mol. The molecule has 0 radical (unpaired) electrons. The fraction of sp³-hybridized carbons (Fsp3) is 0.400. The number of nitrogens with zero attached hydrogens (tertiary/aromatic N) is 5. The van der Waals surface area contributed by atoms with E-state index in [4.69, 9.17) is 4.74 Å². The number of pyridine rings is 1. The Kier molecular flexibility index (Phi) is 5.99. The summed E-state index contributed by atoms with van der Waals surface area (Å²) < 4.78 is 18.9. The van der Waals surface area contributed by atoms with Crippen molar-refractivity contribution >= 4 is 23.3 Å². The predicted octanol–water partition coefficient (Wildman–Crippen LogP) is 1.33. The maximum absolute atomic E-state index is 13.9. The maximum atomic E-state index is 13.9. The molecule has 1 saturated carbocycles. The van der Waals surface area contributed by atoms with E-state index < -0.39 is 12.2 Å². The number of nitriles is 1. The van der Waals surface area contributed by atoms with Crippen LogP contribution in [0.15, 0.2) is 24.7 Å². The minimum atomic E-state index is -1.49. The number of morpholine rings is 1. The van der Waals surface area contributed by atoms with Gasteiger partial charge in [0.1, 0.15) is 6.07 Å². The summed E-state index contributed by atoms with van der Waals surface area (Å²) in [4.78, 5) is 37.8. The van der Waals surface area contributed by atoms with E-state index >= 15 is 0 Å². The van der Waals surface area contributed by atoms with Gasteiger partial charge in [-0.3, -0.25) is 14.6 Å². The summed E-state index contributed by atoms with van der Waals surface area (Å²) in [5.74, 6) is -0.0853. The van der Waals surface area contributed by atoms with Crippen LogP contribution in [0.1, 0.15) is 18.5 Å². The van der Waals surface area contributed by atoms with Gasteiger partial charge < -0.3 is 20.3 Å². The summed E-state index contributed by atoms with van der Waals surface area (Å²) in [6.07, 6.45) is 4.70. The Hall–Kier alpha value is -3.65. The highest BCUT2D eigenvalue weighted by Gasteiger charge is 2.30. The third-order valence-corrected chi connectivity index (χ3v) is 4.96. The van der Waals surface area contributed by atoms with E-state index in [1.165, 1.54) is 18.6 Å². The number of aromatic nitrogens is 3. The number of carbonyl (C=O) groups excluding carboxylic acids is 2. The van der Waals surface area contributed by atoms with Crippen LogP contribution in [-0.4, -0.2) is 64.3 Å². The van der Waals surface area contributed by atoms with E-state index in [2.05, 4.69) is 25.6 Å². The first-order chi connectivity index (χ1) is 15.0. The lowest BCUT2D eigenvalue weighted by Crippen LogP contribution is -2.48. The molecule has 1 saturated heterocycles. The van der Waals surface area contributed by atoms with E-state index in [9.17, 15) is 19.2 Å². The van der Waals surface area contributed by atoms with Crippen molar-refractivity contribution in [2.24, 2.45) is 5.92 Å². The second-order valence-electron chi connectivity index (χ2n) is 7.23. The number of amides is 2. The van der Waals surface area contributed by atoms with Crippen molar-refractivity contribution < 1.29 is 18.7 Å². The molecule has 0 unspecified atom stereocenters. The van der Waals surface area contributed by atoms with Gasteiger partial charge in [0.05, 0.1) is 43.5 Å². The molecule has 2 fully saturated rings. The second kappa shape index (κ2) is 9.01. The Morgan fingerprint density at radius 2 is 2.10 bits per heavy atom. The number of nitrogens with one attached hydrogen (secondary N) is 2. The van der Waals surface area contributed by atoms with Crippen molar-refractivity contribution in [1.82, 2.24) is 19.9 Å². The zero-order chi connectivity index (χ0) is 21.8. The molecule has 0 aromatic carbocycles. The summed E-state index contributed by atoms with van der Waals surface area (Å²) in [6.45, 7) is 0.104. The summed E-state index contributed by atoms with van der Waals surface area (Å²) in [5, 5.41) is 14.9. The van der Waals surface area contributed by atoms with Gasteiger partial charge in [-0.15, -0.1) is 0 Å². The van der Waals surface area contributed by atoms with Crippen LogP contribution in [-0.2, 0) is 14.3 Å². The fourth-order valence-electron chi connectivity index (χ4n) is 3.07. The summed E-state index contributed by atoms with van der Waals surface area (Å²) in [6, 6.07) is 3.58. The number of halogens is 1. The lowest BCUT2D eigenvalue weighted by atomic mass is 10.1. The Balaban J connectivity index is 1.45. The first-order valence-electron chi connectivity index (χ1n) is 9.83. The van der Waals surface area contributed by atoms with Gasteiger partial charge in [0.15, 0.2) is 17.8 Å². The molecule has 2 amide bonds. The zero-order valence-corrected chi connectivity index (χ0v) is 16.5. The average molecular weight is 425 g/mol. The molecular formula is C20H20FN7O3. The van der Waals surface area contributed by atoms with Gasteiger partial charge >= 0.3 is 0 Å². The molecule has 2 aliphatic rings. The molecule has 4 rings (SSSR count). The van der Waals surface area contributed by atoms with Crippen LogP contribution in [0.3, 0.4) is 0 Å². The molecule has 2 aromatic rings. The minimum absolute atomic E-state index is 0.0608. The van der Waals surface area contributed by atoms with E-state index in [1.807, 2.05) is 6.07 Å². The van der Waals surface area contributed by atoms with Gasteiger partial charge in [-0.05, 0) is 18.9 Å². The largest absolute Gasteiger partial charge is 0.375 e. The van der Waals surface area contributed by atoms with Crippen LogP contribution in [0.5, 0.6) is 0 Å². The number of ether oxygens (including phenoxy) is 1. The molecule has 160 valence electrons. The van der Waals surface area contributed by atoms with Gasteiger partial charge in [0.25, 0.3) is 0 Å². The van der Waals surface area contributed by atoms with Crippen LogP contribution >= 0.6 is 0 Å². The van der Waals surface area contributed by atoms with Crippen molar-refractivity contribution in [3.05, 3.63) is 30.4 Å². The summed E-state index contributed by atoms with van der Waals surface area (Å²) in [5.41, 5.74) is 1.46. The quantitative estimate of drug-likeness (QED) is 0.662. The lowest BCUT2D eigenvalue weighted by molar-refractivity contribution is -0.145. The Morgan fingerprint density at radius 3 is 2.77 bits per heavy atom. The summed E-state index contributed by atoms with van der Waals surface area (Å²) in [7, 11) is 0. The molecule has 1 aliphatic heterocycles. The van der Waals surface area contributed by atoms with Gasteiger partial charge in [0.2, 0.25) is 11.8 Å². The van der Waals surface area contributed by atoms with Gasteiger partial charge in [-0.1, -0.05) is 0 Å². The van der Waals surface area contributed by atoms with Crippen molar-refractivity contribution in [2.45, 2.75) is 19.1 Å². The molecule has 0 spiro atoms. The average Bonchev–Trinajstić information content (AvgIpc) is 3.64. The van der Waals surface area contributed by atoms with E-state index in [0.717, 1.165) is 17.7 Å². The third kappa shape index (κ3) is 4.92. The molecule has 1 atom stereocenters. The van der Waals surface area contributed by atoms with Crippen LogP contribution in [0.4, 0.5) is 15.9 Å². The normalized spacial score (nSPS) is 18.2. The molecule has 3 heterocycles. The minimum Gasteiger partial charge on any atom is -0.375 e. The van der Waals surface area contributed by atoms with Gasteiger partial charge in [-0.25, -0.2) is 14.4 Å². The number of hydrogen-bond acceptors (Lipinski definition) is 8. The molecular weight excluding hydrogens is 405 g/mol. The highest BCUT2D eigenvalue weighted by atomic mass is 19.1. The summed E-state index contributed by atoms with van der Waals surface area (Å²) >= 11 is 0. The highest BCUT2D eigenvalue weighted by molar-refractivity contribution is 5.93. The fourth-order valence-corrected chi connectivity index (χ4v) is 3.07. The standard InChI is InChI=1S/C20H20FN7O3/c21-17-11-31-4-3-28(17)19(29)10-25-14-5-13(7-23-15(14)6-22)16-8-26-18(9-24-16)27-20(30)12-1-2-12/h5,7-9,12,17,25H,1-4,10-11H2,(H,26,27,30)/t17-/m1/s1. The van der Waals surface area contributed by atoms with Crippen molar-refractivity contribution in [3.8, 4) is 17.3 Å². The Bertz CT molecular complexity index is 1020. The topological polar surface area (TPSA) is 133 Å². The van der Waals surface area contributed by atoms with Crippen molar-refractivity contribution in [1.29, 1.82) is 5.26 Å². The number of anilines is 2. The molecule has 0 bridgehead atoms. The Labute approximate surface area is 177 Å². The lowest BCUT2D eigenvalue weighted by Gasteiger charge is -2.30. The molecule has 11 heteroatoms. The maximum Gasteiger partial charge on any atom is 0.244 e. The first kappa shape index (κ1) is 20.6. The third-order valence-electron chi connectivity index (χ3n) is 4.96. The SMILES string of the molecule is N#Cc1ncc(-c2cnc(NC(=O)C3CC3)cn2)cc1NCC(=O)N1CCOC[C@@H]1F. The second-order valence-corrected chi connectivity index (χ2v) is 7.23. The van der Waals surface area contributed by atoms with Crippen LogP contribution in [0.25, 0.3) is 11.3 Å². The monoisotopic (exact) mass is 425 g/mol. The van der Waals surface area contributed by atoms with Gasteiger partial charge in [-0.2, -0.15) is 5.26 Å². The zero-order valence-electron chi connectivity index (χ0n) is 16.5. The molecule has 2 N–H and O–H groups in total. The smallest absolute Gasteiger partial charge is 0.244 e. The van der Waals surface area contributed by atoms with Crippen LogP contribution in [0.2, 0.25) is 0 Å². The molecule has 31 heavy (non-hydrogen) atoms. The van der Waals surface area contributed by atoms with Crippen LogP contribution < -0.4 is 10.6 Å².